The molecule has 0 aliphatic rings. The van der Waals surface area contributed by atoms with Gasteiger partial charge in [0.05, 0.1) is 11.8 Å². The monoisotopic (exact) mass is 526 g/mol. The molecule has 0 saturated carbocycles. The van der Waals surface area contributed by atoms with E-state index in [1.54, 1.807) is 36.4 Å². The Hall–Kier alpha value is -4.98. The zero-order valence-electron chi connectivity index (χ0n) is 21.3. The lowest BCUT2D eigenvalue weighted by molar-refractivity contribution is -0.168. The second-order valence-electron chi connectivity index (χ2n) is 9.26. The van der Waals surface area contributed by atoms with Gasteiger partial charge in [0.1, 0.15) is 16.9 Å². The molecule has 0 heterocycles. The van der Waals surface area contributed by atoms with Crippen LogP contribution in [-0.4, -0.2) is 34.1 Å². The molecular formula is C31H26O8. The SMILES string of the molecule is C=C(C(=O)O)C(C(=O)O)(C(C)C(=O)Oc1ccc2ccccc2c1)C(C)C(=O)Oc1ccc2ccccc2c1. The molecule has 0 spiro atoms. The standard InChI is InChI=1S/C31H26O8/c1-18(27(32)33)31(30(36)37,19(2)28(34)38-25-14-12-21-8-4-6-10-23(21)16-25)20(3)29(35)39-26-15-13-22-9-5-7-11-24(22)17-26/h4-17,19-20H,1H2,2-3H3,(H,32,33)(H,36,37). The van der Waals surface area contributed by atoms with Crippen molar-refractivity contribution >= 4 is 45.4 Å². The summed E-state index contributed by atoms with van der Waals surface area (Å²) < 4.78 is 11.0. The number of carbonyl (C=O) groups excluding carboxylic acids is 2. The average Bonchev–Trinajstić information content (AvgIpc) is 2.92. The number of carboxylic acids is 2. The second kappa shape index (κ2) is 10.8. The van der Waals surface area contributed by atoms with Crippen molar-refractivity contribution < 1.29 is 38.9 Å². The fourth-order valence-electron chi connectivity index (χ4n) is 4.82. The van der Waals surface area contributed by atoms with Crippen LogP contribution in [0.1, 0.15) is 13.8 Å². The van der Waals surface area contributed by atoms with E-state index >= 15 is 0 Å². The van der Waals surface area contributed by atoms with E-state index in [2.05, 4.69) is 6.58 Å². The lowest BCUT2D eigenvalue weighted by Gasteiger charge is -2.37. The molecular weight excluding hydrogens is 500 g/mol. The van der Waals surface area contributed by atoms with Crippen LogP contribution in [0.2, 0.25) is 0 Å². The van der Waals surface area contributed by atoms with Crippen molar-refractivity contribution in [2.75, 3.05) is 0 Å². The predicted octanol–water partition coefficient (Wildman–Crippen LogP) is 5.49. The molecule has 0 aromatic heterocycles. The fraction of sp³-hybridized carbons (Fsp3) is 0.161. The second-order valence-corrected chi connectivity index (χ2v) is 9.26. The van der Waals surface area contributed by atoms with Gasteiger partial charge in [0.25, 0.3) is 0 Å². The van der Waals surface area contributed by atoms with Gasteiger partial charge in [-0.2, -0.15) is 0 Å². The normalized spacial score (nSPS) is 14.1. The van der Waals surface area contributed by atoms with Crippen LogP contribution in [0.15, 0.2) is 97.1 Å². The zero-order valence-corrected chi connectivity index (χ0v) is 21.3. The Morgan fingerprint density at radius 1 is 0.667 bits per heavy atom. The van der Waals surface area contributed by atoms with Crippen molar-refractivity contribution in [3.63, 3.8) is 0 Å². The Balaban J connectivity index is 1.67. The number of hydrogen-bond acceptors (Lipinski definition) is 6. The molecule has 0 aliphatic carbocycles. The minimum atomic E-state index is -2.58. The number of ether oxygens (including phenoxy) is 2. The molecule has 8 nitrogen and oxygen atoms in total. The van der Waals surface area contributed by atoms with Gasteiger partial charge in [0.2, 0.25) is 0 Å². The van der Waals surface area contributed by atoms with Crippen molar-refractivity contribution in [1.82, 2.24) is 0 Å². The minimum Gasteiger partial charge on any atom is -0.481 e. The zero-order chi connectivity index (χ0) is 28.3. The van der Waals surface area contributed by atoms with Crippen LogP contribution in [0.3, 0.4) is 0 Å². The topological polar surface area (TPSA) is 127 Å². The number of fused-ring (bicyclic) bond motifs is 2. The van der Waals surface area contributed by atoms with Gasteiger partial charge in [-0.05, 0) is 45.8 Å². The molecule has 0 saturated heterocycles. The third kappa shape index (κ3) is 5.09. The maximum Gasteiger partial charge on any atom is 0.332 e. The summed E-state index contributed by atoms with van der Waals surface area (Å²) in [5.74, 6) is -8.47. The number of carbonyl (C=O) groups is 4. The molecule has 39 heavy (non-hydrogen) atoms. The lowest BCUT2D eigenvalue weighted by Crippen LogP contribution is -2.53. The maximum atomic E-state index is 13.3. The van der Waals surface area contributed by atoms with E-state index in [9.17, 15) is 29.4 Å². The third-order valence-electron chi connectivity index (χ3n) is 7.06. The van der Waals surface area contributed by atoms with Crippen LogP contribution in [0.5, 0.6) is 11.5 Å². The van der Waals surface area contributed by atoms with E-state index in [1.807, 2.05) is 48.5 Å². The average molecular weight is 527 g/mol. The molecule has 198 valence electrons. The molecule has 0 bridgehead atoms. The Bertz CT molecular complexity index is 1520. The predicted molar refractivity (Wildman–Crippen MR) is 144 cm³/mol. The fourth-order valence-corrected chi connectivity index (χ4v) is 4.82. The van der Waals surface area contributed by atoms with Gasteiger partial charge in [-0.1, -0.05) is 81.1 Å². The molecule has 4 aromatic rings. The first-order chi connectivity index (χ1) is 18.5. The van der Waals surface area contributed by atoms with Crippen molar-refractivity contribution in [3.05, 3.63) is 97.1 Å². The summed E-state index contributed by atoms with van der Waals surface area (Å²) in [5.41, 5.74) is -3.42. The molecule has 0 radical (unpaired) electrons. The number of aliphatic carboxylic acids is 2. The highest BCUT2D eigenvalue weighted by Crippen LogP contribution is 2.44. The summed E-state index contributed by atoms with van der Waals surface area (Å²) in [5, 5.41) is 23.5. The number of benzene rings is 4. The Kier molecular flexibility index (Phi) is 7.49. The van der Waals surface area contributed by atoms with Crippen LogP contribution in [0.25, 0.3) is 21.5 Å². The summed E-state index contributed by atoms with van der Waals surface area (Å²) in [6.45, 7) is 5.85. The Morgan fingerprint density at radius 3 is 1.41 bits per heavy atom. The van der Waals surface area contributed by atoms with Gasteiger partial charge >= 0.3 is 23.9 Å². The van der Waals surface area contributed by atoms with Gasteiger partial charge < -0.3 is 19.7 Å². The van der Waals surface area contributed by atoms with Gasteiger partial charge in [-0.15, -0.1) is 0 Å². The van der Waals surface area contributed by atoms with Crippen molar-refractivity contribution in [2.24, 2.45) is 17.3 Å². The molecule has 2 atom stereocenters. The number of rotatable bonds is 9. The van der Waals surface area contributed by atoms with Gasteiger partial charge in [0, 0.05) is 5.57 Å². The molecule has 2 unspecified atom stereocenters. The van der Waals surface area contributed by atoms with E-state index in [1.165, 1.54) is 13.8 Å². The number of carboxylic acid groups (broad SMARTS) is 2. The Morgan fingerprint density at radius 2 is 1.05 bits per heavy atom. The first-order valence-electron chi connectivity index (χ1n) is 12.1. The van der Waals surface area contributed by atoms with Gasteiger partial charge in [-0.3, -0.25) is 14.4 Å². The molecule has 8 heteroatoms. The highest BCUT2D eigenvalue weighted by Gasteiger charge is 2.59. The highest BCUT2D eigenvalue weighted by atomic mass is 16.5. The smallest absolute Gasteiger partial charge is 0.332 e. The quantitative estimate of drug-likeness (QED) is 0.167. The van der Waals surface area contributed by atoms with E-state index in [4.69, 9.17) is 9.47 Å². The van der Waals surface area contributed by atoms with E-state index < -0.39 is 46.7 Å². The minimum absolute atomic E-state index is 0.136. The summed E-state index contributed by atoms with van der Waals surface area (Å²) in [6, 6.07) is 24.5. The lowest BCUT2D eigenvalue weighted by atomic mass is 9.63. The van der Waals surface area contributed by atoms with Crippen LogP contribution in [0, 0.1) is 17.3 Å². The third-order valence-corrected chi connectivity index (χ3v) is 7.06. The van der Waals surface area contributed by atoms with Crippen molar-refractivity contribution in [3.8, 4) is 11.5 Å². The molecule has 4 aromatic carbocycles. The van der Waals surface area contributed by atoms with Crippen LogP contribution >= 0.6 is 0 Å². The van der Waals surface area contributed by atoms with Gasteiger partial charge in [0.15, 0.2) is 0 Å². The highest BCUT2D eigenvalue weighted by molar-refractivity contribution is 6.02. The molecule has 0 amide bonds. The molecule has 2 N–H and O–H groups in total. The number of hydrogen-bond donors (Lipinski definition) is 2. The Labute approximate surface area is 224 Å². The van der Waals surface area contributed by atoms with E-state index in [0.717, 1.165) is 21.5 Å². The van der Waals surface area contributed by atoms with E-state index in [-0.39, 0.29) is 11.5 Å². The van der Waals surface area contributed by atoms with Crippen LogP contribution < -0.4 is 9.47 Å². The van der Waals surface area contributed by atoms with Crippen molar-refractivity contribution in [1.29, 1.82) is 0 Å². The van der Waals surface area contributed by atoms with Crippen LogP contribution in [0.4, 0.5) is 0 Å². The van der Waals surface area contributed by atoms with Crippen molar-refractivity contribution in [2.45, 2.75) is 13.8 Å². The maximum absolute atomic E-state index is 13.3. The first-order valence-corrected chi connectivity index (χ1v) is 12.1. The summed E-state index contributed by atoms with van der Waals surface area (Å²) in [4.78, 5) is 51.4. The molecule has 0 aliphatic heterocycles. The molecule has 0 fully saturated rings. The summed E-state index contributed by atoms with van der Waals surface area (Å²) in [6.07, 6.45) is 0. The summed E-state index contributed by atoms with van der Waals surface area (Å²) >= 11 is 0. The summed E-state index contributed by atoms with van der Waals surface area (Å²) in [7, 11) is 0. The van der Waals surface area contributed by atoms with E-state index in [0.29, 0.717) is 0 Å². The number of esters is 2. The van der Waals surface area contributed by atoms with Gasteiger partial charge in [-0.25, -0.2) is 4.79 Å². The van der Waals surface area contributed by atoms with Crippen LogP contribution in [-0.2, 0) is 19.2 Å². The molecule has 4 rings (SSSR count). The first kappa shape index (κ1) is 27.1. The largest absolute Gasteiger partial charge is 0.481 e.